The van der Waals surface area contributed by atoms with E-state index >= 15 is 0 Å². The van der Waals surface area contributed by atoms with Crippen LogP contribution in [0, 0.1) is 0 Å². The zero-order chi connectivity index (χ0) is 13.2. The van der Waals surface area contributed by atoms with Gasteiger partial charge in [0, 0.05) is 31.7 Å². The molecule has 1 atom stereocenters. The van der Waals surface area contributed by atoms with E-state index in [0.717, 1.165) is 13.1 Å². The second-order valence-corrected chi connectivity index (χ2v) is 5.41. The molecule has 0 aromatic carbocycles. The number of imidazole rings is 1. The number of hydrogen-bond donors (Lipinski definition) is 1. The van der Waals surface area contributed by atoms with Crippen LogP contribution < -0.4 is 5.32 Å². The minimum absolute atomic E-state index is 0.543. The number of rotatable bonds is 4. The Hall–Kier alpha value is -1.55. The molecule has 102 valence electrons. The standard InChI is InChI=1S/C15H22N4/c1-3-17-15-6-4-5-12-8-19(10-14(12)15)9-13-7-16-11-18(13)2/h7-8,10-11,15,17H,3-6,9H2,1-2H3. The van der Waals surface area contributed by atoms with Gasteiger partial charge >= 0.3 is 0 Å². The number of nitrogens with one attached hydrogen (secondary N) is 1. The summed E-state index contributed by atoms with van der Waals surface area (Å²) in [6.45, 7) is 4.13. The Kier molecular flexibility index (Phi) is 3.42. The maximum absolute atomic E-state index is 4.18. The van der Waals surface area contributed by atoms with Gasteiger partial charge in [-0.25, -0.2) is 4.98 Å². The number of fused-ring (bicyclic) bond motifs is 1. The fourth-order valence-corrected chi connectivity index (χ4v) is 3.02. The van der Waals surface area contributed by atoms with Crippen molar-refractivity contribution in [2.75, 3.05) is 6.54 Å². The molecule has 4 nitrogen and oxygen atoms in total. The fraction of sp³-hybridized carbons (Fsp3) is 0.533. The Morgan fingerprint density at radius 1 is 1.42 bits per heavy atom. The molecule has 19 heavy (non-hydrogen) atoms. The molecule has 0 bridgehead atoms. The van der Waals surface area contributed by atoms with E-state index in [2.05, 4.69) is 38.8 Å². The first-order valence-electron chi connectivity index (χ1n) is 7.15. The molecule has 0 aliphatic heterocycles. The zero-order valence-corrected chi connectivity index (χ0v) is 11.8. The smallest absolute Gasteiger partial charge is 0.0946 e. The Bertz CT molecular complexity index is 552. The number of aryl methyl sites for hydroxylation is 2. The van der Waals surface area contributed by atoms with Crippen molar-refractivity contribution >= 4 is 0 Å². The van der Waals surface area contributed by atoms with Gasteiger partial charge in [0.05, 0.1) is 18.6 Å². The molecule has 4 heteroatoms. The van der Waals surface area contributed by atoms with Crippen LogP contribution in [0.3, 0.4) is 0 Å². The number of aromatic nitrogens is 3. The predicted molar refractivity (Wildman–Crippen MR) is 76.1 cm³/mol. The first-order chi connectivity index (χ1) is 9.28. The van der Waals surface area contributed by atoms with Gasteiger partial charge in [-0.3, -0.25) is 0 Å². The van der Waals surface area contributed by atoms with Crippen molar-refractivity contribution < 1.29 is 0 Å². The quantitative estimate of drug-likeness (QED) is 0.913. The Labute approximate surface area is 114 Å². The van der Waals surface area contributed by atoms with Crippen LogP contribution in [0.15, 0.2) is 24.9 Å². The monoisotopic (exact) mass is 258 g/mol. The Balaban J connectivity index is 1.83. The van der Waals surface area contributed by atoms with E-state index in [9.17, 15) is 0 Å². The summed E-state index contributed by atoms with van der Waals surface area (Å²) in [7, 11) is 2.05. The molecule has 0 radical (unpaired) electrons. The van der Waals surface area contributed by atoms with Gasteiger partial charge in [-0.15, -0.1) is 0 Å². The van der Waals surface area contributed by atoms with Crippen LogP contribution in [0.5, 0.6) is 0 Å². The van der Waals surface area contributed by atoms with Gasteiger partial charge < -0.3 is 14.5 Å². The van der Waals surface area contributed by atoms with E-state index in [1.807, 2.05) is 19.6 Å². The summed E-state index contributed by atoms with van der Waals surface area (Å²) >= 11 is 0. The lowest BCUT2D eigenvalue weighted by atomic mass is 9.91. The predicted octanol–water partition coefficient (Wildman–Crippen LogP) is 2.26. The van der Waals surface area contributed by atoms with Crippen molar-refractivity contribution in [3.8, 4) is 0 Å². The summed E-state index contributed by atoms with van der Waals surface area (Å²) in [5, 5.41) is 3.59. The average molecular weight is 258 g/mol. The third-order valence-electron chi connectivity index (χ3n) is 4.02. The third kappa shape index (κ3) is 2.45. The lowest BCUT2D eigenvalue weighted by Crippen LogP contribution is -2.23. The lowest BCUT2D eigenvalue weighted by molar-refractivity contribution is 0.473. The molecule has 1 N–H and O–H groups in total. The van der Waals surface area contributed by atoms with Crippen molar-refractivity contribution in [1.82, 2.24) is 19.4 Å². The highest BCUT2D eigenvalue weighted by Crippen LogP contribution is 2.30. The van der Waals surface area contributed by atoms with Crippen molar-refractivity contribution in [2.45, 2.75) is 38.8 Å². The van der Waals surface area contributed by atoms with E-state index in [1.165, 1.54) is 36.1 Å². The topological polar surface area (TPSA) is 34.8 Å². The summed E-state index contributed by atoms with van der Waals surface area (Å²) in [4.78, 5) is 4.18. The summed E-state index contributed by atoms with van der Waals surface area (Å²) in [5.74, 6) is 0. The molecule has 1 aliphatic rings. The summed E-state index contributed by atoms with van der Waals surface area (Å²) in [6.07, 6.45) is 12.2. The molecule has 0 saturated heterocycles. The Morgan fingerprint density at radius 3 is 3.05 bits per heavy atom. The van der Waals surface area contributed by atoms with Crippen LogP contribution in [-0.2, 0) is 20.0 Å². The molecule has 1 unspecified atom stereocenters. The minimum atomic E-state index is 0.543. The highest BCUT2D eigenvalue weighted by molar-refractivity contribution is 5.30. The van der Waals surface area contributed by atoms with Crippen LogP contribution in [0.1, 0.15) is 42.6 Å². The van der Waals surface area contributed by atoms with Crippen molar-refractivity contribution in [2.24, 2.45) is 7.05 Å². The molecule has 2 aromatic rings. The molecule has 0 fully saturated rings. The second kappa shape index (κ2) is 5.21. The van der Waals surface area contributed by atoms with Crippen LogP contribution in [0.25, 0.3) is 0 Å². The SMILES string of the molecule is CCNC1CCCc2cn(Cc3cncn3C)cc21. The molecule has 0 amide bonds. The van der Waals surface area contributed by atoms with Crippen LogP contribution in [-0.4, -0.2) is 20.7 Å². The summed E-state index contributed by atoms with van der Waals surface area (Å²) in [5.41, 5.74) is 4.25. The molecule has 2 heterocycles. The van der Waals surface area contributed by atoms with Gasteiger partial charge in [0.25, 0.3) is 0 Å². The van der Waals surface area contributed by atoms with E-state index in [0.29, 0.717) is 6.04 Å². The Morgan fingerprint density at radius 2 is 2.32 bits per heavy atom. The molecular formula is C15H22N4. The normalized spacial score (nSPS) is 18.5. The van der Waals surface area contributed by atoms with Crippen molar-refractivity contribution in [1.29, 1.82) is 0 Å². The van der Waals surface area contributed by atoms with Gasteiger partial charge in [-0.1, -0.05) is 6.92 Å². The van der Waals surface area contributed by atoms with E-state index in [1.54, 1.807) is 0 Å². The van der Waals surface area contributed by atoms with Crippen LogP contribution in [0.2, 0.25) is 0 Å². The van der Waals surface area contributed by atoms with Crippen molar-refractivity contribution in [3.05, 3.63) is 41.7 Å². The lowest BCUT2D eigenvalue weighted by Gasteiger charge is -2.22. The summed E-state index contributed by atoms with van der Waals surface area (Å²) < 4.78 is 4.39. The summed E-state index contributed by atoms with van der Waals surface area (Å²) in [6, 6.07) is 0.543. The average Bonchev–Trinajstić information content (AvgIpc) is 2.98. The largest absolute Gasteiger partial charge is 0.348 e. The fourth-order valence-electron chi connectivity index (χ4n) is 3.02. The van der Waals surface area contributed by atoms with Crippen LogP contribution in [0.4, 0.5) is 0 Å². The van der Waals surface area contributed by atoms with E-state index in [4.69, 9.17) is 0 Å². The van der Waals surface area contributed by atoms with Crippen molar-refractivity contribution in [3.63, 3.8) is 0 Å². The second-order valence-electron chi connectivity index (χ2n) is 5.41. The highest BCUT2D eigenvalue weighted by Gasteiger charge is 2.21. The molecule has 2 aromatic heterocycles. The maximum Gasteiger partial charge on any atom is 0.0946 e. The highest BCUT2D eigenvalue weighted by atomic mass is 15.1. The minimum Gasteiger partial charge on any atom is -0.348 e. The molecular weight excluding hydrogens is 236 g/mol. The van der Waals surface area contributed by atoms with Gasteiger partial charge in [-0.05, 0) is 36.9 Å². The van der Waals surface area contributed by atoms with Gasteiger partial charge in [0.2, 0.25) is 0 Å². The maximum atomic E-state index is 4.18. The third-order valence-corrected chi connectivity index (χ3v) is 4.02. The molecule has 3 rings (SSSR count). The van der Waals surface area contributed by atoms with Gasteiger partial charge in [-0.2, -0.15) is 0 Å². The number of hydrogen-bond acceptors (Lipinski definition) is 2. The van der Waals surface area contributed by atoms with Gasteiger partial charge in [0.1, 0.15) is 0 Å². The van der Waals surface area contributed by atoms with E-state index in [-0.39, 0.29) is 0 Å². The van der Waals surface area contributed by atoms with E-state index < -0.39 is 0 Å². The molecule has 0 saturated carbocycles. The number of nitrogens with zero attached hydrogens (tertiary/aromatic N) is 3. The molecule has 0 spiro atoms. The molecule has 1 aliphatic carbocycles. The van der Waals surface area contributed by atoms with Gasteiger partial charge in [0.15, 0.2) is 0 Å². The van der Waals surface area contributed by atoms with Crippen LogP contribution >= 0.6 is 0 Å². The zero-order valence-electron chi connectivity index (χ0n) is 11.8. The first-order valence-corrected chi connectivity index (χ1v) is 7.15. The first kappa shape index (κ1) is 12.5.